The van der Waals surface area contributed by atoms with Gasteiger partial charge >= 0.3 is 0 Å². The predicted molar refractivity (Wildman–Crippen MR) is 136 cm³/mol. The molecule has 3 N–H and O–H groups in total. The lowest BCUT2D eigenvalue weighted by molar-refractivity contribution is -0.144. The van der Waals surface area contributed by atoms with Crippen molar-refractivity contribution >= 4 is 33.0 Å². The minimum absolute atomic E-state index is 0.00331. The summed E-state index contributed by atoms with van der Waals surface area (Å²) in [7, 11) is -4.03. The first-order valence-electron chi connectivity index (χ1n) is 12.1. The number of hydrogen-bond donors (Lipinski definition) is 3. The second kappa shape index (κ2) is 10.00. The SMILES string of the molecule is O=C(Nc1ccc(F)c(F)c1)c1ccc(Cl)c(S(=O)(=O)C2C[C@H]3CC[C@@H](C2)C3(O)C(O)c2cccnc2)c1. The van der Waals surface area contributed by atoms with Gasteiger partial charge < -0.3 is 15.5 Å². The van der Waals surface area contributed by atoms with Crippen molar-refractivity contribution < 1.29 is 32.2 Å². The fourth-order valence-electron chi connectivity index (χ4n) is 5.87. The van der Waals surface area contributed by atoms with Crippen molar-refractivity contribution in [3.8, 4) is 0 Å². The third-order valence-corrected chi connectivity index (χ3v) is 10.5. The van der Waals surface area contributed by atoms with Crippen LogP contribution in [0.15, 0.2) is 65.8 Å². The number of fused-ring (bicyclic) bond motifs is 2. The molecule has 3 aromatic rings. The van der Waals surface area contributed by atoms with Crippen molar-refractivity contribution in [3.63, 3.8) is 0 Å². The van der Waals surface area contributed by atoms with E-state index in [1.807, 2.05) is 0 Å². The van der Waals surface area contributed by atoms with E-state index in [9.17, 15) is 32.2 Å². The Bertz CT molecular complexity index is 1470. The fourth-order valence-corrected chi connectivity index (χ4v) is 8.27. The summed E-state index contributed by atoms with van der Waals surface area (Å²) in [4.78, 5) is 16.5. The second-order valence-corrected chi connectivity index (χ2v) is 12.5. The number of aromatic nitrogens is 1. The molecule has 11 heteroatoms. The maximum absolute atomic E-state index is 13.7. The van der Waals surface area contributed by atoms with Crippen LogP contribution in [0.5, 0.6) is 0 Å². The summed E-state index contributed by atoms with van der Waals surface area (Å²) in [5.41, 5.74) is -1.04. The van der Waals surface area contributed by atoms with Gasteiger partial charge in [-0.05, 0) is 73.9 Å². The van der Waals surface area contributed by atoms with Crippen molar-refractivity contribution in [1.29, 1.82) is 0 Å². The minimum atomic E-state index is -4.03. The summed E-state index contributed by atoms with van der Waals surface area (Å²) < 4.78 is 54.2. The number of nitrogens with zero attached hydrogens (tertiary/aromatic N) is 1. The molecule has 0 radical (unpaired) electrons. The zero-order valence-electron chi connectivity index (χ0n) is 20.0. The lowest BCUT2D eigenvalue weighted by atomic mass is 9.70. The number of hydrogen-bond acceptors (Lipinski definition) is 6. The molecule has 2 saturated carbocycles. The summed E-state index contributed by atoms with van der Waals surface area (Å²) in [6, 6.07) is 10.0. The Balaban J connectivity index is 1.39. The van der Waals surface area contributed by atoms with Crippen molar-refractivity contribution in [3.05, 3.63) is 88.7 Å². The van der Waals surface area contributed by atoms with Gasteiger partial charge in [-0.1, -0.05) is 17.7 Å². The number of amides is 1. The van der Waals surface area contributed by atoms with Gasteiger partial charge in [-0.15, -0.1) is 0 Å². The third-order valence-electron chi connectivity index (χ3n) is 7.82. The van der Waals surface area contributed by atoms with Gasteiger partial charge in [0.05, 0.1) is 15.2 Å². The van der Waals surface area contributed by atoms with E-state index in [2.05, 4.69) is 10.3 Å². The Morgan fingerprint density at radius 1 is 1.08 bits per heavy atom. The van der Waals surface area contributed by atoms with E-state index in [1.54, 1.807) is 18.3 Å². The Kier molecular flexibility index (Phi) is 7.02. The second-order valence-electron chi connectivity index (χ2n) is 9.91. The Morgan fingerprint density at radius 3 is 2.42 bits per heavy atom. The minimum Gasteiger partial charge on any atom is -0.386 e. The number of rotatable bonds is 6. The van der Waals surface area contributed by atoms with Crippen LogP contribution in [-0.2, 0) is 9.84 Å². The zero-order valence-corrected chi connectivity index (χ0v) is 21.6. The zero-order chi connectivity index (χ0) is 27.2. The topological polar surface area (TPSA) is 117 Å². The Hall–Kier alpha value is -2.92. The monoisotopic (exact) mass is 562 g/mol. The summed E-state index contributed by atoms with van der Waals surface area (Å²) in [5.74, 6) is -3.85. The van der Waals surface area contributed by atoms with Crippen molar-refractivity contribution in [2.45, 2.75) is 47.5 Å². The highest BCUT2D eigenvalue weighted by atomic mass is 35.5. The van der Waals surface area contributed by atoms with Gasteiger partial charge in [0.2, 0.25) is 0 Å². The molecule has 2 aliphatic carbocycles. The number of carbonyl (C=O) groups is 1. The van der Waals surface area contributed by atoms with Crippen LogP contribution in [0.2, 0.25) is 5.02 Å². The standard InChI is InChI=1S/C27H25ClF2N2O5S/c28-21-7-3-15(26(34)32-19-6-8-22(29)23(30)13-19)10-24(21)38(36,37)20-11-17-4-5-18(12-20)27(17,35)25(33)16-2-1-9-31-14-16/h1-3,6-10,13-14,17-18,20,25,33,35H,4-5,11-12H2,(H,32,34)/t17-,18+,20?,25?,27?. The molecule has 0 saturated heterocycles. The van der Waals surface area contributed by atoms with Crippen LogP contribution < -0.4 is 5.32 Å². The maximum atomic E-state index is 13.7. The van der Waals surface area contributed by atoms with E-state index in [1.165, 1.54) is 30.5 Å². The molecule has 2 bridgehead atoms. The van der Waals surface area contributed by atoms with Crippen molar-refractivity contribution in [2.75, 3.05) is 5.32 Å². The lowest BCUT2D eigenvalue weighted by Gasteiger charge is -2.45. The Morgan fingerprint density at radius 2 is 1.79 bits per heavy atom. The molecule has 0 aliphatic heterocycles. The van der Waals surface area contributed by atoms with Crippen LogP contribution in [0.4, 0.5) is 14.5 Å². The van der Waals surface area contributed by atoms with Gasteiger partial charge in [-0.2, -0.15) is 0 Å². The van der Waals surface area contributed by atoms with E-state index in [4.69, 9.17) is 11.6 Å². The summed E-state index contributed by atoms with van der Waals surface area (Å²) >= 11 is 6.28. The highest BCUT2D eigenvalue weighted by Crippen LogP contribution is 2.56. The smallest absolute Gasteiger partial charge is 0.255 e. The summed E-state index contributed by atoms with van der Waals surface area (Å²) in [6.07, 6.45) is 3.21. The van der Waals surface area contributed by atoms with Crippen LogP contribution in [0.1, 0.15) is 47.7 Å². The number of nitrogens with one attached hydrogen (secondary N) is 1. The molecule has 7 nitrogen and oxygen atoms in total. The average Bonchev–Trinajstić information content (AvgIpc) is 3.06. The maximum Gasteiger partial charge on any atom is 0.255 e. The molecule has 1 amide bonds. The third kappa shape index (κ3) is 4.59. The van der Waals surface area contributed by atoms with Gasteiger partial charge in [0, 0.05) is 35.3 Å². The molecule has 2 fully saturated rings. The van der Waals surface area contributed by atoms with E-state index in [0.29, 0.717) is 18.4 Å². The van der Waals surface area contributed by atoms with Gasteiger partial charge in [0.1, 0.15) is 11.7 Å². The molecule has 38 heavy (non-hydrogen) atoms. The first-order chi connectivity index (χ1) is 18.0. The van der Waals surface area contributed by atoms with Crippen LogP contribution in [0, 0.1) is 23.5 Å². The molecule has 2 aromatic carbocycles. The normalized spacial score (nSPS) is 25.7. The molecule has 0 spiro atoms. The van der Waals surface area contributed by atoms with E-state index < -0.39 is 56.2 Å². The molecule has 5 rings (SSSR count). The average molecular weight is 563 g/mol. The van der Waals surface area contributed by atoms with E-state index in [0.717, 1.165) is 12.1 Å². The van der Waals surface area contributed by atoms with Gasteiger partial charge in [-0.3, -0.25) is 9.78 Å². The largest absolute Gasteiger partial charge is 0.386 e. The molecule has 3 unspecified atom stereocenters. The number of pyridine rings is 1. The molecule has 200 valence electrons. The number of anilines is 1. The van der Waals surface area contributed by atoms with Crippen LogP contribution in [0.25, 0.3) is 0 Å². The van der Waals surface area contributed by atoms with Gasteiger partial charge in [0.15, 0.2) is 21.5 Å². The van der Waals surface area contributed by atoms with Gasteiger partial charge in [0.25, 0.3) is 5.91 Å². The fraction of sp³-hybridized carbons (Fsp3) is 0.333. The van der Waals surface area contributed by atoms with E-state index >= 15 is 0 Å². The summed E-state index contributed by atoms with van der Waals surface area (Å²) in [6.45, 7) is 0. The Labute approximate surface area is 223 Å². The number of benzene rings is 2. The first-order valence-corrected chi connectivity index (χ1v) is 14.0. The number of aliphatic hydroxyl groups excluding tert-OH is 1. The van der Waals surface area contributed by atoms with Crippen LogP contribution >= 0.6 is 11.6 Å². The molecule has 5 atom stereocenters. The predicted octanol–water partition coefficient (Wildman–Crippen LogP) is 4.69. The molecule has 1 heterocycles. The molecule has 1 aromatic heterocycles. The lowest BCUT2D eigenvalue weighted by Crippen LogP contribution is -2.52. The highest BCUT2D eigenvalue weighted by Gasteiger charge is 2.59. The van der Waals surface area contributed by atoms with Crippen LogP contribution in [-0.4, -0.2) is 40.4 Å². The molecular formula is C27H25ClF2N2O5S. The van der Waals surface area contributed by atoms with Gasteiger partial charge in [-0.25, -0.2) is 17.2 Å². The quantitative estimate of drug-likeness (QED) is 0.401. The molecular weight excluding hydrogens is 538 g/mol. The number of carbonyl (C=O) groups excluding carboxylic acids is 1. The first kappa shape index (κ1) is 26.7. The van der Waals surface area contributed by atoms with Crippen molar-refractivity contribution in [1.82, 2.24) is 4.98 Å². The number of sulfone groups is 1. The number of halogens is 3. The highest BCUT2D eigenvalue weighted by molar-refractivity contribution is 7.92. The number of aliphatic hydroxyl groups is 2. The van der Waals surface area contributed by atoms with Crippen molar-refractivity contribution in [2.24, 2.45) is 11.8 Å². The van der Waals surface area contributed by atoms with E-state index in [-0.39, 0.29) is 34.0 Å². The molecule has 2 aliphatic rings. The van der Waals surface area contributed by atoms with Crippen LogP contribution in [0.3, 0.4) is 0 Å². The summed E-state index contributed by atoms with van der Waals surface area (Å²) in [5, 5.41) is 24.1.